The average Bonchev–Trinajstić information content (AvgIpc) is 2.90. The number of rotatable bonds is 3. The average molecular weight is 393 g/mol. The Morgan fingerprint density at radius 3 is 2.45 bits per heavy atom. The number of imide groups is 1. The lowest BCUT2D eigenvalue weighted by Gasteiger charge is -2.35. The SMILES string of the molecule is CC1CC(C)CN(C(=O)CN2C(=O)NC(C)(c3cccc4ccccc34)C2=O)C1. The van der Waals surface area contributed by atoms with Crippen LogP contribution in [-0.4, -0.2) is 47.3 Å². The van der Waals surface area contributed by atoms with E-state index in [1.807, 2.05) is 42.5 Å². The van der Waals surface area contributed by atoms with Crippen LogP contribution in [0.1, 0.15) is 32.8 Å². The van der Waals surface area contributed by atoms with Gasteiger partial charge in [0.05, 0.1) is 0 Å². The molecule has 152 valence electrons. The number of hydrogen-bond acceptors (Lipinski definition) is 3. The fraction of sp³-hybridized carbons (Fsp3) is 0.435. The predicted molar refractivity (Wildman–Crippen MR) is 111 cm³/mol. The van der Waals surface area contributed by atoms with E-state index in [0.717, 1.165) is 27.7 Å². The van der Waals surface area contributed by atoms with Crippen LogP contribution >= 0.6 is 0 Å². The third-order valence-corrected chi connectivity index (χ3v) is 6.12. The molecule has 0 aliphatic carbocycles. The van der Waals surface area contributed by atoms with E-state index in [4.69, 9.17) is 0 Å². The molecule has 0 bridgehead atoms. The molecule has 0 radical (unpaired) electrons. The third-order valence-electron chi connectivity index (χ3n) is 6.12. The number of fused-ring (bicyclic) bond motifs is 1. The van der Waals surface area contributed by atoms with Crippen molar-refractivity contribution in [2.75, 3.05) is 19.6 Å². The van der Waals surface area contributed by atoms with Gasteiger partial charge in [0, 0.05) is 13.1 Å². The Morgan fingerprint density at radius 1 is 1.07 bits per heavy atom. The minimum Gasteiger partial charge on any atom is -0.341 e. The number of nitrogens with one attached hydrogen (secondary N) is 1. The van der Waals surface area contributed by atoms with Crippen LogP contribution in [0.25, 0.3) is 10.8 Å². The molecule has 29 heavy (non-hydrogen) atoms. The Kier molecular flexibility index (Phi) is 4.81. The van der Waals surface area contributed by atoms with Gasteiger partial charge in [0.25, 0.3) is 5.91 Å². The lowest BCUT2D eigenvalue weighted by Crippen LogP contribution is -2.48. The van der Waals surface area contributed by atoms with E-state index in [0.29, 0.717) is 24.9 Å². The summed E-state index contributed by atoms with van der Waals surface area (Å²) in [4.78, 5) is 41.7. The predicted octanol–water partition coefficient (Wildman–Crippen LogP) is 3.11. The number of amides is 4. The molecule has 0 spiro atoms. The molecule has 2 fully saturated rings. The summed E-state index contributed by atoms with van der Waals surface area (Å²) in [6, 6.07) is 13.0. The van der Waals surface area contributed by atoms with Crippen molar-refractivity contribution in [2.24, 2.45) is 11.8 Å². The number of likely N-dealkylation sites (tertiary alicyclic amines) is 1. The van der Waals surface area contributed by atoms with Crippen molar-refractivity contribution >= 4 is 28.6 Å². The van der Waals surface area contributed by atoms with Crippen LogP contribution in [-0.2, 0) is 15.1 Å². The Labute approximate surface area is 170 Å². The van der Waals surface area contributed by atoms with Crippen LogP contribution in [0.15, 0.2) is 42.5 Å². The van der Waals surface area contributed by atoms with E-state index in [1.54, 1.807) is 11.8 Å². The van der Waals surface area contributed by atoms with Crippen molar-refractivity contribution in [2.45, 2.75) is 32.7 Å². The Morgan fingerprint density at radius 2 is 1.72 bits per heavy atom. The van der Waals surface area contributed by atoms with Gasteiger partial charge in [0.15, 0.2) is 0 Å². The van der Waals surface area contributed by atoms with Gasteiger partial charge in [0.1, 0.15) is 12.1 Å². The van der Waals surface area contributed by atoms with Gasteiger partial charge in [-0.1, -0.05) is 56.3 Å². The quantitative estimate of drug-likeness (QED) is 0.815. The summed E-state index contributed by atoms with van der Waals surface area (Å²) in [7, 11) is 0. The first-order chi connectivity index (χ1) is 13.8. The lowest BCUT2D eigenvalue weighted by atomic mass is 9.88. The highest BCUT2D eigenvalue weighted by atomic mass is 16.2. The van der Waals surface area contributed by atoms with Gasteiger partial charge < -0.3 is 10.2 Å². The van der Waals surface area contributed by atoms with Gasteiger partial charge in [-0.05, 0) is 41.5 Å². The first-order valence-electron chi connectivity index (χ1n) is 10.2. The summed E-state index contributed by atoms with van der Waals surface area (Å²) in [5, 5.41) is 4.75. The Hall–Kier alpha value is -2.89. The number of benzene rings is 2. The zero-order chi connectivity index (χ0) is 20.8. The number of carbonyl (C=O) groups is 3. The standard InChI is InChI=1S/C23H27N3O3/c1-15-11-16(2)13-25(12-15)20(27)14-26-21(28)23(3,24-22(26)29)19-10-6-8-17-7-4-5-9-18(17)19/h4-10,15-16H,11-14H2,1-3H3,(H,24,29). The van der Waals surface area contributed by atoms with E-state index in [-0.39, 0.29) is 18.4 Å². The molecule has 1 N–H and O–H groups in total. The largest absolute Gasteiger partial charge is 0.341 e. The highest BCUT2D eigenvalue weighted by Gasteiger charge is 2.50. The molecule has 6 nitrogen and oxygen atoms in total. The van der Waals surface area contributed by atoms with Crippen molar-refractivity contribution in [1.29, 1.82) is 0 Å². The van der Waals surface area contributed by atoms with E-state index >= 15 is 0 Å². The second-order valence-electron chi connectivity index (χ2n) is 8.72. The fourth-order valence-electron chi connectivity index (χ4n) is 4.79. The summed E-state index contributed by atoms with van der Waals surface area (Å²) in [5.41, 5.74) is -0.454. The van der Waals surface area contributed by atoms with Gasteiger partial charge in [0.2, 0.25) is 5.91 Å². The summed E-state index contributed by atoms with van der Waals surface area (Å²) in [6.07, 6.45) is 1.09. The monoisotopic (exact) mass is 393 g/mol. The maximum atomic E-state index is 13.3. The normalized spacial score (nSPS) is 27.4. The molecule has 2 aliphatic rings. The molecule has 4 rings (SSSR count). The van der Waals surface area contributed by atoms with E-state index in [2.05, 4.69) is 19.2 Å². The zero-order valence-electron chi connectivity index (χ0n) is 17.1. The lowest BCUT2D eigenvalue weighted by molar-refractivity contribution is -0.140. The Balaban J connectivity index is 1.59. The molecule has 2 aliphatic heterocycles. The molecule has 0 saturated carbocycles. The first kappa shape index (κ1) is 19.4. The third kappa shape index (κ3) is 3.37. The summed E-state index contributed by atoms with van der Waals surface area (Å²) < 4.78 is 0. The van der Waals surface area contributed by atoms with E-state index < -0.39 is 11.6 Å². The maximum absolute atomic E-state index is 13.3. The van der Waals surface area contributed by atoms with E-state index in [9.17, 15) is 14.4 Å². The number of urea groups is 1. The number of carbonyl (C=O) groups excluding carboxylic acids is 3. The van der Waals surface area contributed by atoms with Crippen LogP contribution in [0.3, 0.4) is 0 Å². The molecule has 2 saturated heterocycles. The minimum atomic E-state index is -1.19. The molecule has 2 heterocycles. The van der Waals surface area contributed by atoms with Crippen LogP contribution in [0.2, 0.25) is 0 Å². The highest BCUT2D eigenvalue weighted by molar-refractivity contribution is 6.10. The van der Waals surface area contributed by atoms with Crippen molar-refractivity contribution in [3.8, 4) is 0 Å². The van der Waals surface area contributed by atoms with E-state index in [1.165, 1.54) is 0 Å². The maximum Gasteiger partial charge on any atom is 0.325 e. The van der Waals surface area contributed by atoms with Gasteiger partial charge >= 0.3 is 6.03 Å². The smallest absolute Gasteiger partial charge is 0.325 e. The van der Waals surface area contributed by atoms with Gasteiger partial charge in [-0.2, -0.15) is 0 Å². The molecule has 2 aromatic rings. The number of piperidine rings is 1. The van der Waals surface area contributed by atoms with Crippen molar-refractivity contribution < 1.29 is 14.4 Å². The second kappa shape index (κ2) is 7.17. The summed E-state index contributed by atoms with van der Waals surface area (Å²) >= 11 is 0. The Bertz CT molecular complexity index is 973. The van der Waals surface area contributed by atoms with Crippen molar-refractivity contribution in [3.05, 3.63) is 48.0 Å². The van der Waals surface area contributed by atoms with Gasteiger partial charge in [-0.3, -0.25) is 14.5 Å². The van der Waals surface area contributed by atoms with Crippen LogP contribution in [0.4, 0.5) is 4.79 Å². The molecule has 4 amide bonds. The summed E-state index contributed by atoms with van der Waals surface area (Å²) in [5.74, 6) is 0.290. The number of hydrogen-bond donors (Lipinski definition) is 1. The first-order valence-corrected chi connectivity index (χ1v) is 10.2. The highest BCUT2D eigenvalue weighted by Crippen LogP contribution is 2.34. The topological polar surface area (TPSA) is 69.7 Å². The molecule has 3 unspecified atom stereocenters. The van der Waals surface area contributed by atoms with Crippen LogP contribution in [0.5, 0.6) is 0 Å². The molecule has 6 heteroatoms. The van der Waals surface area contributed by atoms with Gasteiger partial charge in [-0.25, -0.2) is 4.79 Å². The molecular formula is C23H27N3O3. The zero-order valence-corrected chi connectivity index (χ0v) is 17.1. The van der Waals surface area contributed by atoms with Crippen LogP contribution < -0.4 is 5.32 Å². The minimum absolute atomic E-state index is 0.172. The van der Waals surface area contributed by atoms with Crippen molar-refractivity contribution in [1.82, 2.24) is 15.1 Å². The molecule has 2 aromatic carbocycles. The second-order valence-corrected chi connectivity index (χ2v) is 8.72. The summed E-state index contributed by atoms with van der Waals surface area (Å²) in [6.45, 7) is 7.10. The van der Waals surface area contributed by atoms with Crippen molar-refractivity contribution in [3.63, 3.8) is 0 Å². The molecular weight excluding hydrogens is 366 g/mol. The fourth-order valence-corrected chi connectivity index (χ4v) is 4.79. The van der Waals surface area contributed by atoms with Crippen LogP contribution in [0, 0.1) is 11.8 Å². The van der Waals surface area contributed by atoms with Gasteiger partial charge in [-0.15, -0.1) is 0 Å². The molecule has 0 aromatic heterocycles. The number of nitrogens with zero attached hydrogens (tertiary/aromatic N) is 2. The molecule has 3 atom stereocenters.